The summed E-state index contributed by atoms with van der Waals surface area (Å²) in [5.74, 6) is 0.972. The summed E-state index contributed by atoms with van der Waals surface area (Å²) in [6.45, 7) is 1.14. The number of nitrogens with one attached hydrogen (secondary N) is 2. The number of aryl methyl sites for hydroxylation is 1. The van der Waals surface area contributed by atoms with E-state index in [-0.39, 0.29) is 12.0 Å². The molecule has 1 aliphatic heterocycles. The van der Waals surface area contributed by atoms with E-state index in [9.17, 15) is 4.79 Å². The lowest BCUT2D eigenvalue weighted by atomic mass is 9.97. The molecule has 1 aliphatic rings. The first kappa shape index (κ1) is 19.5. The molecule has 3 heterocycles. The Morgan fingerprint density at radius 3 is 2.90 bits per heavy atom. The number of benzene rings is 2. The molecule has 31 heavy (non-hydrogen) atoms. The van der Waals surface area contributed by atoms with Crippen LogP contribution in [0.5, 0.6) is 0 Å². The minimum Gasteiger partial charge on any atom is -0.425 e. The van der Waals surface area contributed by atoms with E-state index in [1.165, 1.54) is 5.56 Å². The third kappa shape index (κ3) is 4.36. The number of carbonyl (C=O) groups excluding carboxylic acids is 1. The van der Waals surface area contributed by atoms with Crippen molar-refractivity contribution in [1.29, 1.82) is 0 Å². The van der Waals surface area contributed by atoms with Gasteiger partial charge in [0.25, 0.3) is 0 Å². The van der Waals surface area contributed by atoms with Gasteiger partial charge in [0, 0.05) is 36.5 Å². The number of amides is 1. The Bertz CT molecular complexity index is 1200. The lowest BCUT2D eigenvalue weighted by molar-refractivity contribution is -0.121. The van der Waals surface area contributed by atoms with Gasteiger partial charge in [-0.2, -0.15) is 0 Å². The fraction of sp³-hybridized carbons (Fsp3) is 0.292. The predicted octanol–water partition coefficient (Wildman–Crippen LogP) is 3.50. The highest BCUT2D eigenvalue weighted by molar-refractivity contribution is 5.83. The van der Waals surface area contributed by atoms with Crippen molar-refractivity contribution in [1.82, 2.24) is 20.5 Å². The van der Waals surface area contributed by atoms with Crippen LogP contribution in [0, 0.1) is 0 Å². The molecule has 2 aromatic heterocycles. The number of aromatic nitrogens is 3. The van der Waals surface area contributed by atoms with Gasteiger partial charge in [-0.25, -0.2) is 0 Å². The van der Waals surface area contributed by atoms with Crippen molar-refractivity contribution in [3.8, 4) is 0 Å². The highest BCUT2D eigenvalue weighted by Gasteiger charge is 2.21. The average Bonchev–Trinajstić information content (AvgIpc) is 3.43. The maximum Gasteiger partial charge on any atom is 0.221 e. The molecule has 2 aromatic carbocycles. The van der Waals surface area contributed by atoms with Crippen LogP contribution >= 0.6 is 0 Å². The second-order valence-corrected chi connectivity index (χ2v) is 7.74. The van der Waals surface area contributed by atoms with Crippen LogP contribution in [0.15, 0.2) is 59.1 Å². The van der Waals surface area contributed by atoms with E-state index in [2.05, 4.69) is 38.7 Å². The number of nitrogens with zero attached hydrogens (tertiary/aromatic N) is 2. The maximum absolute atomic E-state index is 12.3. The second-order valence-electron chi connectivity index (χ2n) is 7.74. The van der Waals surface area contributed by atoms with Gasteiger partial charge in [0.05, 0.1) is 13.0 Å². The van der Waals surface area contributed by atoms with Crippen LogP contribution in [-0.4, -0.2) is 34.2 Å². The minimum absolute atomic E-state index is 0.0527. The lowest BCUT2D eigenvalue weighted by Gasteiger charge is -2.26. The number of rotatable bonds is 7. The Hall–Kier alpha value is -3.45. The third-order valence-electron chi connectivity index (χ3n) is 5.67. The standard InChI is InChI=1S/C24H24N4O3/c29-22(26-15-21-19-7-2-1-5-16(19)11-12-30-21)9-10-23-27-28-24(31-23)13-17-14-25-20-8-4-3-6-18(17)20/h1-8,14,21,25H,9-13,15H2,(H,26,29). The Labute approximate surface area is 179 Å². The molecule has 5 rings (SSSR count). The number of ether oxygens (including phenoxy) is 1. The van der Waals surface area contributed by atoms with E-state index in [1.54, 1.807) is 0 Å². The van der Waals surface area contributed by atoms with Crippen molar-refractivity contribution >= 4 is 16.8 Å². The van der Waals surface area contributed by atoms with Crippen molar-refractivity contribution in [3.63, 3.8) is 0 Å². The van der Waals surface area contributed by atoms with E-state index < -0.39 is 0 Å². The van der Waals surface area contributed by atoms with E-state index in [1.807, 2.05) is 36.5 Å². The molecule has 7 heteroatoms. The molecule has 1 amide bonds. The van der Waals surface area contributed by atoms with Gasteiger partial charge in [-0.3, -0.25) is 4.79 Å². The predicted molar refractivity (Wildman–Crippen MR) is 116 cm³/mol. The van der Waals surface area contributed by atoms with Crippen molar-refractivity contribution in [2.75, 3.05) is 13.2 Å². The zero-order chi connectivity index (χ0) is 21.0. The molecular weight excluding hydrogens is 392 g/mol. The first-order valence-electron chi connectivity index (χ1n) is 10.6. The number of aromatic amines is 1. The summed E-state index contributed by atoms with van der Waals surface area (Å²) in [5.41, 5.74) is 4.64. The Kier molecular flexibility index (Phi) is 5.50. The molecule has 0 radical (unpaired) electrons. The Balaban J connectivity index is 1.13. The van der Waals surface area contributed by atoms with Crippen molar-refractivity contribution in [3.05, 3.63) is 83.2 Å². The summed E-state index contributed by atoms with van der Waals surface area (Å²) < 4.78 is 11.6. The second kappa shape index (κ2) is 8.73. The number of hydrogen-bond acceptors (Lipinski definition) is 5. The van der Waals surface area contributed by atoms with Crippen LogP contribution < -0.4 is 5.32 Å². The molecule has 0 fully saturated rings. The van der Waals surface area contributed by atoms with Crippen molar-refractivity contribution in [2.24, 2.45) is 0 Å². The largest absolute Gasteiger partial charge is 0.425 e. The zero-order valence-corrected chi connectivity index (χ0v) is 17.1. The topological polar surface area (TPSA) is 93.0 Å². The molecule has 158 valence electrons. The first-order chi connectivity index (χ1) is 15.3. The van der Waals surface area contributed by atoms with Crippen LogP contribution in [0.4, 0.5) is 0 Å². The molecular formula is C24H24N4O3. The highest BCUT2D eigenvalue weighted by Crippen LogP contribution is 2.26. The van der Waals surface area contributed by atoms with Gasteiger partial charge >= 0.3 is 0 Å². The smallest absolute Gasteiger partial charge is 0.221 e. The first-order valence-corrected chi connectivity index (χ1v) is 10.6. The molecule has 0 spiro atoms. The Morgan fingerprint density at radius 1 is 1.10 bits per heavy atom. The molecule has 0 saturated heterocycles. The number of hydrogen-bond donors (Lipinski definition) is 2. The molecule has 4 aromatic rings. The monoisotopic (exact) mass is 416 g/mol. The number of fused-ring (bicyclic) bond motifs is 2. The lowest BCUT2D eigenvalue weighted by Crippen LogP contribution is -2.32. The Morgan fingerprint density at radius 2 is 1.94 bits per heavy atom. The van der Waals surface area contributed by atoms with Gasteiger partial charge < -0.3 is 19.5 Å². The number of para-hydroxylation sites is 1. The van der Waals surface area contributed by atoms with Crippen LogP contribution in [0.1, 0.15) is 41.0 Å². The molecule has 1 unspecified atom stereocenters. The van der Waals surface area contributed by atoms with Gasteiger partial charge in [-0.1, -0.05) is 42.5 Å². The van der Waals surface area contributed by atoms with Gasteiger partial charge in [-0.15, -0.1) is 10.2 Å². The molecule has 0 saturated carbocycles. The number of H-pyrrole nitrogens is 1. The fourth-order valence-electron chi connectivity index (χ4n) is 4.06. The van der Waals surface area contributed by atoms with E-state index >= 15 is 0 Å². The van der Waals surface area contributed by atoms with Gasteiger partial charge in [0.1, 0.15) is 6.10 Å². The van der Waals surface area contributed by atoms with Gasteiger partial charge in [0.2, 0.25) is 17.7 Å². The van der Waals surface area contributed by atoms with E-state index in [0.29, 0.717) is 44.2 Å². The van der Waals surface area contributed by atoms with E-state index in [4.69, 9.17) is 9.15 Å². The van der Waals surface area contributed by atoms with E-state index in [0.717, 1.165) is 28.5 Å². The third-order valence-corrected chi connectivity index (χ3v) is 5.67. The summed E-state index contributed by atoms with van der Waals surface area (Å²) in [4.78, 5) is 15.6. The molecule has 0 aliphatic carbocycles. The SMILES string of the molecule is O=C(CCc1nnc(Cc2c[nH]c3ccccc23)o1)NCC1OCCc2ccccc21. The summed E-state index contributed by atoms with van der Waals surface area (Å²) in [6.07, 6.45) is 4.05. The zero-order valence-electron chi connectivity index (χ0n) is 17.1. The average molecular weight is 416 g/mol. The molecule has 2 N–H and O–H groups in total. The molecule has 7 nitrogen and oxygen atoms in total. The summed E-state index contributed by atoms with van der Waals surface area (Å²) in [5, 5.41) is 12.4. The minimum atomic E-state index is -0.0971. The maximum atomic E-state index is 12.3. The summed E-state index contributed by atoms with van der Waals surface area (Å²) in [7, 11) is 0. The van der Waals surface area contributed by atoms with Gasteiger partial charge in [-0.05, 0) is 29.2 Å². The van der Waals surface area contributed by atoms with Crippen LogP contribution in [0.2, 0.25) is 0 Å². The molecule has 1 atom stereocenters. The summed E-state index contributed by atoms with van der Waals surface area (Å²) in [6, 6.07) is 16.3. The van der Waals surface area contributed by atoms with Crippen molar-refractivity contribution < 1.29 is 13.9 Å². The quantitative estimate of drug-likeness (QED) is 0.481. The molecule has 0 bridgehead atoms. The normalized spacial score (nSPS) is 15.7. The highest BCUT2D eigenvalue weighted by atomic mass is 16.5. The van der Waals surface area contributed by atoms with Crippen LogP contribution in [0.25, 0.3) is 10.9 Å². The number of carbonyl (C=O) groups is 1. The van der Waals surface area contributed by atoms with Crippen LogP contribution in [0.3, 0.4) is 0 Å². The fourth-order valence-corrected chi connectivity index (χ4v) is 4.06. The van der Waals surface area contributed by atoms with Crippen LogP contribution in [-0.2, 0) is 28.8 Å². The van der Waals surface area contributed by atoms with Gasteiger partial charge in [0.15, 0.2) is 0 Å². The summed E-state index contributed by atoms with van der Waals surface area (Å²) >= 11 is 0. The van der Waals surface area contributed by atoms with Crippen molar-refractivity contribution in [2.45, 2.75) is 31.8 Å².